The van der Waals surface area contributed by atoms with Crippen LogP contribution < -0.4 is 10.1 Å². The molecule has 1 fully saturated rings. The van der Waals surface area contributed by atoms with Gasteiger partial charge in [0.15, 0.2) is 12.2 Å². The first kappa shape index (κ1) is 33.0. The number of rotatable bonds is 13. The van der Waals surface area contributed by atoms with Crippen LogP contribution in [0.2, 0.25) is 0 Å². The van der Waals surface area contributed by atoms with Crippen molar-refractivity contribution in [1.82, 2.24) is 5.32 Å². The Bertz CT molecular complexity index is 1140. The van der Waals surface area contributed by atoms with E-state index in [4.69, 9.17) is 39.6 Å². The molecule has 1 aliphatic rings. The highest BCUT2D eigenvalue weighted by Gasteiger charge is 2.53. The van der Waals surface area contributed by atoms with E-state index < -0.39 is 67.1 Å². The molecule has 14 heteroatoms. The number of hydrogen-bond donors (Lipinski definition) is 2. The van der Waals surface area contributed by atoms with E-state index in [1.165, 1.54) is 18.2 Å². The van der Waals surface area contributed by atoms with Gasteiger partial charge in [-0.1, -0.05) is 12.0 Å². The number of ether oxygens (including phenoxy) is 7. The summed E-state index contributed by atoms with van der Waals surface area (Å²) in [6.07, 6.45) is -1.99. The first-order chi connectivity index (χ1) is 19.5. The molecule has 0 aromatic heterocycles. The lowest BCUT2D eigenvalue weighted by Gasteiger charge is -2.44. The van der Waals surface area contributed by atoms with Crippen molar-refractivity contribution >= 4 is 29.8 Å². The summed E-state index contributed by atoms with van der Waals surface area (Å²) in [5, 5.41) is 12.2. The van der Waals surface area contributed by atoms with Gasteiger partial charge in [-0.05, 0) is 17.7 Å². The molecule has 224 valence electrons. The Balaban J connectivity index is 2.49. The number of hydrogen-bond acceptors (Lipinski definition) is 13. The van der Waals surface area contributed by atoms with E-state index in [2.05, 4.69) is 11.2 Å². The summed E-state index contributed by atoms with van der Waals surface area (Å²) in [5.41, 5.74) is 0.356. The summed E-state index contributed by atoms with van der Waals surface area (Å²) >= 11 is 0. The van der Waals surface area contributed by atoms with Gasteiger partial charge < -0.3 is 43.6 Å². The van der Waals surface area contributed by atoms with Crippen LogP contribution in [0, 0.1) is 12.3 Å². The molecule has 0 aliphatic carbocycles. The maximum Gasteiger partial charge on any atom is 0.303 e. The molecule has 5 atom stereocenters. The van der Waals surface area contributed by atoms with Crippen molar-refractivity contribution in [2.75, 3.05) is 26.4 Å². The van der Waals surface area contributed by atoms with Crippen molar-refractivity contribution < 1.29 is 62.2 Å². The van der Waals surface area contributed by atoms with Gasteiger partial charge >= 0.3 is 23.9 Å². The Hall–Kier alpha value is -4.19. The molecule has 1 aliphatic heterocycles. The molecule has 0 saturated carbocycles. The van der Waals surface area contributed by atoms with Crippen LogP contribution in [0.15, 0.2) is 18.2 Å². The number of amides is 1. The number of benzene rings is 1. The summed E-state index contributed by atoms with van der Waals surface area (Å²) in [4.78, 5) is 60.5. The average molecular weight is 580 g/mol. The third kappa shape index (κ3) is 10.4. The minimum absolute atomic E-state index is 0.0265. The van der Waals surface area contributed by atoms with Crippen molar-refractivity contribution in [3.05, 3.63) is 29.3 Å². The molecule has 1 saturated heterocycles. The molecule has 1 aromatic rings. The molecule has 2 N–H and O–H groups in total. The molecule has 1 aromatic carbocycles. The fourth-order valence-corrected chi connectivity index (χ4v) is 3.83. The van der Waals surface area contributed by atoms with Crippen molar-refractivity contribution in [2.45, 2.75) is 65.0 Å². The zero-order valence-corrected chi connectivity index (χ0v) is 23.1. The van der Waals surface area contributed by atoms with Gasteiger partial charge in [0.2, 0.25) is 12.4 Å². The lowest BCUT2D eigenvalue weighted by molar-refractivity contribution is -0.288. The van der Waals surface area contributed by atoms with E-state index in [0.717, 1.165) is 27.7 Å². The highest BCUT2D eigenvalue weighted by molar-refractivity contribution is 5.97. The third-order valence-electron chi connectivity index (χ3n) is 5.38. The second-order valence-electron chi connectivity index (χ2n) is 8.69. The smallest absolute Gasteiger partial charge is 0.303 e. The van der Waals surface area contributed by atoms with E-state index in [9.17, 15) is 29.1 Å². The second-order valence-corrected chi connectivity index (χ2v) is 8.69. The van der Waals surface area contributed by atoms with Crippen LogP contribution in [0.1, 0.15) is 43.6 Å². The normalized spacial score (nSPS) is 21.5. The molecule has 1 heterocycles. The van der Waals surface area contributed by atoms with Crippen molar-refractivity contribution in [2.24, 2.45) is 0 Å². The van der Waals surface area contributed by atoms with E-state index in [1.54, 1.807) is 0 Å². The monoisotopic (exact) mass is 579 g/mol. The highest BCUT2D eigenvalue weighted by atomic mass is 16.7. The van der Waals surface area contributed by atoms with E-state index >= 15 is 0 Å². The van der Waals surface area contributed by atoms with Gasteiger partial charge in [-0.3, -0.25) is 24.0 Å². The number of aliphatic hydroxyl groups excluding tert-OH is 1. The van der Waals surface area contributed by atoms with Gasteiger partial charge in [-0.15, -0.1) is 6.42 Å². The molecule has 0 spiro atoms. The first-order valence-electron chi connectivity index (χ1n) is 12.5. The largest absolute Gasteiger partial charge is 0.463 e. The Kier molecular flexibility index (Phi) is 13.0. The van der Waals surface area contributed by atoms with E-state index in [-0.39, 0.29) is 37.7 Å². The molecule has 0 bridgehead atoms. The van der Waals surface area contributed by atoms with E-state index in [1.807, 2.05) is 0 Å². The van der Waals surface area contributed by atoms with Gasteiger partial charge in [0.25, 0.3) is 5.91 Å². The summed E-state index contributed by atoms with van der Waals surface area (Å²) in [5.74, 6) is -1.45. The Labute approximate surface area is 236 Å². The Morgan fingerprint density at radius 3 is 2.17 bits per heavy atom. The van der Waals surface area contributed by atoms with Crippen LogP contribution in [0.25, 0.3) is 0 Å². The van der Waals surface area contributed by atoms with Crippen LogP contribution in [0.3, 0.4) is 0 Å². The van der Waals surface area contributed by atoms with Crippen LogP contribution in [0.5, 0.6) is 5.75 Å². The minimum Gasteiger partial charge on any atom is -0.463 e. The van der Waals surface area contributed by atoms with Gasteiger partial charge in [-0.2, -0.15) is 0 Å². The predicted molar refractivity (Wildman–Crippen MR) is 137 cm³/mol. The second kappa shape index (κ2) is 16.2. The Morgan fingerprint density at radius 1 is 0.951 bits per heavy atom. The number of carbonyl (C=O) groups is 5. The molecular formula is C27H33NO13. The van der Waals surface area contributed by atoms with Crippen LogP contribution in [-0.4, -0.2) is 92.0 Å². The molecule has 1 amide bonds. The molecule has 2 rings (SSSR count). The van der Waals surface area contributed by atoms with Crippen LogP contribution >= 0.6 is 0 Å². The molecule has 0 radical (unpaired) electrons. The van der Waals surface area contributed by atoms with Crippen molar-refractivity contribution in [3.8, 4) is 18.1 Å². The fraction of sp³-hybridized carbons (Fsp3) is 0.519. The number of nitrogens with one attached hydrogen (secondary N) is 1. The SMILES string of the molecule is C#CCOCCNC(=O)c1cc(CO)ccc1OC1O[C@H](COC(C)=O)[C@H](OC(C)=O)[C@H](OC(C)=O)[C@H]1OC(C)=O. The highest BCUT2D eigenvalue weighted by Crippen LogP contribution is 2.32. The zero-order valence-electron chi connectivity index (χ0n) is 23.1. The Morgan fingerprint density at radius 2 is 1.59 bits per heavy atom. The topological polar surface area (TPSA) is 182 Å². The average Bonchev–Trinajstić information content (AvgIpc) is 2.90. The predicted octanol–water partition coefficient (Wildman–Crippen LogP) is 0.0204. The number of esters is 4. The lowest BCUT2D eigenvalue weighted by Crippen LogP contribution is -2.63. The van der Waals surface area contributed by atoms with Crippen LogP contribution in [-0.2, 0) is 54.2 Å². The quantitative estimate of drug-likeness (QED) is 0.138. The summed E-state index contributed by atoms with van der Waals surface area (Å²) in [7, 11) is 0. The fourth-order valence-electron chi connectivity index (χ4n) is 3.83. The number of aliphatic hydroxyl groups is 1. The van der Waals surface area contributed by atoms with E-state index in [0.29, 0.717) is 5.56 Å². The maximum absolute atomic E-state index is 13.0. The first-order valence-corrected chi connectivity index (χ1v) is 12.5. The third-order valence-corrected chi connectivity index (χ3v) is 5.38. The summed E-state index contributed by atoms with van der Waals surface area (Å²) in [6, 6.07) is 4.23. The molecule has 1 unspecified atom stereocenters. The number of terminal acetylenes is 1. The van der Waals surface area contributed by atoms with Gasteiger partial charge in [0.05, 0.1) is 18.8 Å². The number of carbonyl (C=O) groups excluding carboxylic acids is 5. The summed E-state index contributed by atoms with van der Waals surface area (Å²) in [6.45, 7) is 3.88. The molecule has 41 heavy (non-hydrogen) atoms. The minimum atomic E-state index is -1.55. The van der Waals surface area contributed by atoms with Gasteiger partial charge in [-0.25, -0.2) is 0 Å². The standard InChI is InChI=1S/C27H33NO13/c1-6-10-35-11-9-28-26(34)20-12-19(13-29)7-8-21(20)40-27-25(39-18(5)33)24(38-17(4)32)23(37-16(3)31)22(41-27)14-36-15(2)30/h1,7-8,12,22-25,27,29H,9-11,13-14H2,2-5H3,(H,28,34)/t22-,23+,24+,25-,27?/m1/s1. The zero-order chi connectivity index (χ0) is 30.5. The van der Waals surface area contributed by atoms with Crippen molar-refractivity contribution in [1.29, 1.82) is 0 Å². The van der Waals surface area contributed by atoms with Crippen molar-refractivity contribution in [3.63, 3.8) is 0 Å². The van der Waals surface area contributed by atoms with Gasteiger partial charge in [0.1, 0.15) is 25.1 Å². The van der Waals surface area contributed by atoms with Crippen LogP contribution in [0.4, 0.5) is 0 Å². The van der Waals surface area contributed by atoms with Gasteiger partial charge in [0, 0.05) is 34.2 Å². The maximum atomic E-state index is 13.0. The molecule has 14 nitrogen and oxygen atoms in total. The lowest BCUT2D eigenvalue weighted by atomic mass is 9.98. The molecular weight excluding hydrogens is 546 g/mol. The summed E-state index contributed by atoms with van der Waals surface area (Å²) < 4.78 is 38.2.